The van der Waals surface area contributed by atoms with E-state index in [1.54, 1.807) is 13.8 Å². The van der Waals surface area contributed by atoms with E-state index < -0.39 is 25.5 Å². The quantitative estimate of drug-likeness (QED) is 0.472. The number of nitrogens with zero attached hydrogens (tertiary/aromatic N) is 1. The molecule has 0 saturated heterocycles. The van der Waals surface area contributed by atoms with Gasteiger partial charge in [-0.05, 0) is 5.92 Å². The Morgan fingerprint density at radius 3 is 1.92 bits per heavy atom. The van der Waals surface area contributed by atoms with Crippen LogP contribution in [0.4, 0.5) is 0 Å². The van der Waals surface area contributed by atoms with Gasteiger partial charge in [-0.25, -0.2) is 4.90 Å². The molecule has 5 heteroatoms. The molecular weight excluding hydrogens is 162 g/mol. The van der Waals surface area contributed by atoms with Gasteiger partial charge < -0.3 is 20.1 Å². The van der Waals surface area contributed by atoms with E-state index >= 15 is 0 Å². The Morgan fingerprint density at radius 1 is 1.42 bits per heavy atom. The molecule has 0 fully saturated rings. The number of aliphatic hydroxyl groups is 2. The van der Waals surface area contributed by atoms with Gasteiger partial charge in [-0.15, -0.1) is 0 Å². The summed E-state index contributed by atoms with van der Waals surface area (Å²) in [6.45, 7) is 2.37. The molecule has 0 aliphatic heterocycles. The topological polar surface area (TPSA) is 83.8 Å². The smallest absolute Gasteiger partial charge is 0.0979 e. The minimum Gasteiger partial charge on any atom is -0.548 e. The SMILES string of the molecule is CC(C)[C@H](C(=O)[O-])N(CO)CO. The predicted octanol–water partition coefficient (Wildman–Crippen LogP) is -2.04. The van der Waals surface area contributed by atoms with Crippen molar-refractivity contribution in [2.75, 3.05) is 13.5 Å². The van der Waals surface area contributed by atoms with Crippen molar-refractivity contribution in [1.82, 2.24) is 4.90 Å². The maximum atomic E-state index is 10.5. The van der Waals surface area contributed by atoms with Crippen molar-refractivity contribution < 1.29 is 20.1 Å². The lowest BCUT2D eigenvalue weighted by molar-refractivity contribution is -0.315. The Morgan fingerprint density at radius 2 is 1.83 bits per heavy atom. The molecule has 0 radical (unpaired) electrons. The van der Waals surface area contributed by atoms with E-state index in [0.29, 0.717) is 0 Å². The first-order valence-corrected chi connectivity index (χ1v) is 3.71. The van der Waals surface area contributed by atoms with Crippen molar-refractivity contribution in [3.8, 4) is 0 Å². The number of hydrogen-bond acceptors (Lipinski definition) is 5. The van der Waals surface area contributed by atoms with E-state index in [4.69, 9.17) is 10.2 Å². The fraction of sp³-hybridized carbons (Fsp3) is 0.857. The summed E-state index contributed by atoms with van der Waals surface area (Å²) in [5.41, 5.74) is 0. The fourth-order valence-electron chi connectivity index (χ4n) is 1.06. The monoisotopic (exact) mass is 176 g/mol. The molecule has 5 nitrogen and oxygen atoms in total. The number of aliphatic carboxylic acids is 1. The van der Waals surface area contributed by atoms with E-state index in [-0.39, 0.29) is 5.92 Å². The minimum absolute atomic E-state index is 0.214. The third kappa shape index (κ3) is 2.77. The number of carboxylic acids is 1. The summed E-state index contributed by atoms with van der Waals surface area (Å²) in [7, 11) is 0. The Balaban J connectivity index is 4.36. The van der Waals surface area contributed by atoms with Gasteiger partial charge in [0, 0.05) is 0 Å². The van der Waals surface area contributed by atoms with E-state index in [9.17, 15) is 9.90 Å². The molecule has 0 aliphatic rings. The third-order valence-electron chi connectivity index (χ3n) is 1.63. The summed E-state index contributed by atoms with van der Waals surface area (Å²) in [5.74, 6) is -1.50. The molecule has 0 unspecified atom stereocenters. The Kier molecular flexibility index (Phi) is 4.80. The van der Waals surface area contributed by atoms with Gasteiger partial charge in [-0.3, -0.25) is 0 Å². The van der Waals surface area contributed by atoms with Crippen molar-refractivity contribution in [1.29, 1.82) is 0 Å². The van der Waals surface area contributed by atoms with Gasteiger partial charge in [0.05, 0.1) is 25.5 Å². The standard InChI is InChI=1S/C7H15NO4/c1-5(2)6(7(11)12)8(3-9)4-10/h5-6,9-10H,3-4H2,1-2H3,(H,11,12)/p-1/t6-/m1/s1. The van der Waals surface area contributed by atoms with E-state index in [2.05, 4.69) is 0 Å². The fourth-order valence-corrected chi connectivity index (χ4v) is 1.06. The molecule has 0 heterocycles. The molecule has 0 aliphatic carbocycles. The lowest BCUT2D eigenvalue weighted by Gasteiger charge is -2.31. The van der Waals surface area contributed by atoms with Crippen LogP contribution < -0.4 is 5.11 Å². The third-order valence-corrected chi connectivity index (χ3v) is 1.63. The maximum Gasteiger partial charge on any atom is 0.0979 e. The molecule has 0 spiro atoms. The lowest BCUT2D eigenvalue weighted by atomic mass is 10.0. The second-order valence-electron chi connectivity index (χ2n) is 2.88. The highest BCUT2D eigenvalue weighted by atomic mass is 16.4. The number of carboxylic acid groups (broad SMARTS) is 1. The molecule has 1 atom stereocenters. The van der Waals surface area contributed by atoms with Crippen LogP contribution in [0.5, 0.6) is 0 Å². The summed E-state index contributed by atoms with van der Waals surface area (Å²) in [4.78, 5) is 11.5. The highest BCUT2D eigenvalue weighted by molar-refractivity contribution is 5.71. The first kappa shape index (κ1) is 11.4. The van der Waals surface area contributed by atoms with Crippen LogP contribution in [-0.4, -0.2) is 40.6 Å². The van der Waals surface area contributed by atoms with Crippen molar-refractivity contribution in [3.05, 3.63) is 0 Å². The Labute approximate surface area is 71.2 Å². The second-order valence-corrected chi connectivity index (χ2v) is 2.88. The van der Waals surface area contributed by atoms with Crippen LogP contribution in [0.15, 0.2) is 0 Å². The molecule has 12 heavy (non-hydrogen) atoms. The number of carbonyl (C=O) groups excluding carboxylic acids is 1. The summed E-state index contributed by atoms with van der Waals surface area (Å²) >= 11 is 0. The minimum atomic E-state index is -1.28. The summed E-state index contributed by atoms with van der Waals surface area (Å²) in [5, 5.41) is 27.9. The van der Waals surface area contributed by atoms with Crippen molar-refractivity contribution in [2.45, 2.75) is 19.9 Å². The van der Waals surface area contributed by atoms with Crippen molar-refractivity contribution >= 4 is 5.97 Å². The number of carbonyl (C=O) groups is 1. The zero-order valence-electron chi connectivity index (χ0n) is 7.23. The van der Waals surface area contributed by atoms with Crippen LogP contribution in [0, 0.1) is 5.92 Å². The molecular formula is C7H14NO4-. The zero-order valence-corrected chi connectivity index (χ0v) is 7.23. The van der Waals surface area contributed by atoms with Gasteiger partial charge in [-0.2, -0.15) is 0 Å². The molecule has 0 amide bonds. The number of aliphatic hydroxyl groups excluding tert-OH is 2. The molecule has 0 rings (SSSR count). The second kappa shape index (κ2) is 5.08. The van der Waals surface area contributed by atoms with Gasteiger partial charge in [0.1, 0.15) is 0 Å². The summed E-state index contributed by atoms with van der Waals surface area (Å²) in [6, 6.07) is -0.944. The number of hydrogen-bond donors (Lipinski definition) is 2. The van der Waals surface area contributed by atoms with Crippen LogP contribution in [0.3, 0.4) is 0 Å². The van der Waals surface area contributed by atoms with Crippen molar-refractivity contribution in [2.24, 2.45) is 5.92 Å². The Bertz CT molecular complexity index is 144. The van der Waals surface area contributed by atoms with Gasteiger partial charge in [0.2, 0.25) is 0 Å². The highest BCUT2D eigenvalue weighted by Crippen LogP contribution is 2.08. The van der Waals surface area contributed by atoms with E-state index in [1.165, 1.54) is 0 Å². The van der Waals surface area contributed by atoms with E-state index in [1.807, 2.05) is 0 Å². The molecule has 0 saturated carbocycles. The number of rotatable bonds is 5. The predicted molar refractivity (Wildman–Crippen MR) is 39.6 cm³/mol. The van der Waals surface area contributed by atoms with Gasteiger partial charge in [-0.1, -0.05) is 13.8 Å². The van der Waals surface area contributed by atoms with Gasteiger partial charge >= 0.3 is 0 Å². The zero-order chi connectivity index (χ0) is 9.72. The highest BCUT2D eigenvalue weighted by Gasteiger charge is 2.21. The largest absolute Gasteiger partial charge is 0.548 e. The average Bonchev–Trinajstić information content (AvgIpc) is 1.98. The molecule has 0 bridgehead atoms. The van der Waals surface area contributed by atoms with Crippen LogP contribution >= 0.6 is 0 Å². The summed E-state index contributed by atoms with van der Waals surface area (Å²) < 4.78 is 0. The molecule has 2 N–H and O–H groups in total. The Hall–Kier alpha value is -0.650. The first-order chi connectivity index (χ1) is 5.54. The van der Waals surface area contributed by atoms with E-state index in [0.717, 1.165) is 4.90 Å². The summed E-state index contributed by atoms with van der Waals surface area (Å²) in [6.07, 6.45) is 0. The van der Waals surface area contributed by atoms with Gasteiger partial charge in [0.25, 0.3) is 0 Å². The molecule has 0 aromatic heterocycles. The van der Waals surface area contributed by atoms with Gasteiger partial charge in [0.15, 0.2) is 0 Å². The molecule has 72 valence electrons. The van der Waals surface area contributed by atoms with Crippen molar-refractivity contribution in [3.63, 3.8) is 0 Å². The van der Waals surface area contributed by atoms with Crippen LogP contribution in [-0.2, 0) is 4.79 Å². The average molecular weight is 176 g/mol. The molecule has 0 aromatic carbocycles. The van der Waals surface area contributed by atoms with Crippen LogP contribution in [0.2, 0.25) is 0 Å². The lowest BCUT2D eigenvalue weighted by Crippen LogP contribution is -2.51. The maximum absolute atomic E-state index is 10.5. The first-order valence-electron chi connectivity index (χ1n) is 3.71. The molecule has 0 aromatic rings. The van der Waals surface area contributed by atoms with Crippen LogP contribution in [0.25, 0.3) is 0 Å². The normalized spacial score (nSPS) is 13.8. The van der Waals surface area contributed by atoms with Crippen LogP contribution in [0.1, 0.15) is 13.8 Å².